The van der Waals surface area contributed by atoms with E-state index in [4.69, 9.17) is 4.74 Å². The Hall–Kier alpha value is -3.33. The summed E-state index contributed by atoms with van der Waals surface area (Å²) in [6, 6.07) is 8.95. The van der Waals surface area contributed by atoms with Crippen molar-refractivity contribution >= 4 is 17.5 Å². The Kier molecular flexibility index (Phi) is 4.44. The second-order valence-corrected chi connectivity index (χ2v) is 7.26. The van der Waals surface area contributed by atoms with Gasteiger partial charge in [0.25, 0.3) is 5.91 Å². The average molecular weight is 392 g/mol. The van der Waals surface area contributed by atoms with E-state index in [0.717, 1.165) is 18.4 Å². The number of morpholine rings is 1. The average Bonchev–Trinajstić information content (AvgIpc) is 3.51. The first-order valence-electron chi connectivity index (χ1n) is 9.61. The molecule has 2 fully saturated rings. The second kappa shape index (κ2) is 7.25. The molecule has 5 rings (SSSR count). The predicted molar refractivity (Wildman–Crippen MR) is 101 cm³/mol. The molecule has 1 aliphatic carbocycles. The van der Waals surface area contributed by atoms with Crippen LogP contribution in [0.15, 0.2) is 48.9 Å². The lowest BCUT2D eigenvalue weighted by atomic mass is 9.98. The van der Waals surface area contributed by atoms with Crippen LogP contribution < -0.4 is 5.32 Å². The molecule has 2 atom stereocenters. The van der Waals surface area contributed by atoms with E-state index in [1.807, 2.05) is 34.9 Å². The number of hydrogen-bond acceptors (Lipinski definition) is 6. The lowest BCUT2D eigenvalue weighted by Gasteiger charge is -2.40. The first kappa shape index (κ1) is 17.7. The van der Waals surface area contributed by atoms with Crippen molar-refractivity contribution in [2.75, 3.05) is 6.61 Å². The summed E-state index contributed by atoms with van der Waals surface area (Å²) in [7, 11) is 0. The van der Waals surface area contributed by atoms with Crippen LogP contribution in [-0.4, -0.2) is 55.0 Å². The van der Waals surface area contributed by atoms with Gasteiger partial charge in [0.15, 0.2) is 17.6 Å². The SMILES string of the molecule is O=C(NCc1nnc2ccccn12)[C@H]1OCC(=O)N(C2CC2)[C@@H]1c1cccnc1. The zero-order chi connectivity index (χ0) is 19.8. The van der Waals surface area contributed by atoms with Crippen molar-refractivity contribution in [2.45, 2.75) is 37.6 Å². The molecule has 0 spiro atoms. The number of hydrogen-bond donors (Lipinski definition) is 1. The zero-order valence-electron chi connectivity index (χ0n) is 15.6. The molecular weight excluding hydrogens is 372 g/mol. The van der Waals surface area contributed by atoms with Crippen molar-refractivity contribution in [2.24, 2.45) is 0 Å². The fraction of sp³-hybridized carbons (Fsp3) is 0.350. The summed E-state index contributed by atoms with van der Waals surface area (Å²) in [5, 5.41) is 11.1. The Bertz CT molecular complexity index is 1050. The number of carbonyl (C=O) groups is 2. The number of nitrogens with one attached hydrogen (secondary N) is 1. The van der Waals surface area contributed by atoms with Crippen LogP contribution >= 0.6 is 0 Å². The maximum atomic E-state index is 13.1. The predicted octanol–water partition coefficient (Wildman–Crippen LogP) is 0.872. The van der Waals surface area contributed by atoms with E-state index in [2.05, 4.69) is 20.5 Å². The molecule has 0 radical (unpaired) electrons. The summed E-state index contributed by atoms with van der Waals surface area (Å²) in [4.78, 5) is 31.6. The molecule has 29 heavy (non-hydrogen) atoms. The molecule has 4 heterocycles. The van der Waals surface area contributed by atoms with Crippen molar-refractivity contribution in [1.82, 2.24) is 29.8 Å². The first-order valence-corrected chi connectivity index (χ1v) is 9.61. The third-order valence-electron chi connectivity index (χ3n) is 5.29. The fourth-order valence-corrected chi connectivity index (χ4v) is 3.79. The van der Waals surface area contributed by atoms with Gasteiger partial charge in [0.05, 0.1) is 12.6 Å². The van der Waals surface area contributed by atoms with Gasteiger partial charge in [0, 0.05) is 24.6 Å². The smallest absolute Gasteiger partial charge is 0.252 e. The van der Waals surface area contributed by atoms with Gasteiger partial charge in [0.2, 0.25) is 5.91 Å². The maximum absolute atomic E-state index is 13.1. The number of nitrogens with zero attached hydrogens (tertiary/aromatic N) is 5. The minimum Gasteiger partial charge on any atom is -0.356 e. The Morgan fingerprint density at radius 2 is 2.10 bits per heavy atom. The largest absolute Gasteiger partial charge is 0.356 e. The van der Waals surface area contributed by atoms with Crippen LogP contribution in [0.25, 0.3) is 5.65 Å². The van der Waals surface area contributed by atoms with E-state index < -0.39 is 12.1 Å². The molecular formula is C20H20N6O3. The summed E-state index contributed by atoms with van der Waals surface area (Å²) in [6.07, 6.45) is 6.29. The zero-order valence-corrected chi connectivity index (χ0v) is 15.6. The van der Waals surface area contributed by atoms with Gasteiger partial charge >= 0.3 is 0 Å². The standard InChI is InChI=1S/C20H20N6O3/c27-17-12-29-19(18(26(17)14-6-7-14)13-4-3-8-21-10-13)20(28)22-11-16-24-23-15-5-1-2-9-25(15)16/h1-5,8-10,14,18-19H,6-7,11-12H2,(H,22,28)/t18-,19+/m1/s1. The van der Waals surface area contributed by atoms with Crippen LogP contribution in [0.5, 0.6) is 0 Å². The lowest BCUT2D eigenvalue weighted by molar-refractivity contribution is -0.165. The molecule has 0 aromatic carbocycles. The summed E-state index contributed by atoms with van der Waals surface area (Å²) in [6.45, 7) is 0.111. The van der Waals surface area contributed by atoms with Crippen molar-refractivity contribution in [3.8, 4) is 0 Å². The molecule has 1 saturated heterocycles. The van der Waals surface area contributed by atoms with Crippen LogP contribution in [-0.2, 0) is 20.9 Å². The third kappa shape index (κ3) is 3.33. The molecule has 148 valence electrons. The van der Waals surface area contributed by atoms with Gasteiger partial charge in [-0.3, -0.25) is 19.0 Å². The van der Waals surface area contributed by atoms with Crippen LogP contribution in [0.1, 0.15) is 30.3 Å². The van der Waals surface area contributed by atoms with Gasteiger partial charge in [-0.15, -0.1) is 10.2 Å². The fourth-order valence-electron chi connectivity index (χ4n) is 3.79. The lowest BCUT2D eigenvalue weighted by Crippen LogP contribution is -2.55. The van der Waals surface area contributed by atoms with E-state index in [9.17, 15) is 9.59 Å². The molecule has 3 aromatic heterocycles. The Balaban J connectivity index is 1.38. The van der Waals surface area contributed by atoms with Gasteiger partial charge in [-0.1, -0.05) is 12.1 Å². The molecule has 1 aliphatic heterocycles. The second-order valence-electron chi connectivity index (χ2n) is 7.26. The normalized spacial score (nSPS) is 22.1. The minimum absolute atomic E-state index is 0.0890. The van der Waals surface area contributed by atoms with Crippen LogP contribution in [0.4, 0.5) is 0 Å². The number of aromatic nitrogens is 4. The van der Waals surface area contributed by atoms with Gasteiger partial charge in [0.1, 0.15) is 6.61 Å². The van der Waals surface area contributed by atoms with Gasteiger partial charge in [-0.2, -0.15) is 0 Å². The van der Waals surface area contributed by atoms with E-state index in [-0.39, 0.29) is 31.0 Å². The van der Waals surface area contributed by atoms with E-state index >= 15 is 0 Å². The van der Waals surface area contributed by atoms with Crippen LogP contribution in [0.2, 0.25) is 0 Å². The summed E-state index contributed by atoms with van der Waals surface area (Å²) >= 11 is 0. The summed E-state index contributed by atoms with van der Waals surface area (Å²) < 4.78 is 7.53. The van der Waals surface area contributed by atoms with Gasteiger partial charge in [-0.25, -0.2) is 0 Å². The quantitative estimate of drug-likeness (QED) is 0.691. The number of carbonyl (C=O) groups excluding carboxylic acids is 2. The van der Waals surface area contributed by atoms with Gasteiger partial charge < -0.3 is 15.0 Å². The topological polar surface area (TPSA) is 102 Å². The number of ether oxygens (including phenoxy) is 1. The Labute approximate surface area is 166 Å². The van der Waals surface area contributed by atoms with Crippen molar-refractivity contribution < 1.29 is 14.3 Å². The minimum atomic E-state index is -0.809. The van der Waals surface area contributed by atoms with Crippen LogP contribution in [0.3, 0.4) is 0 Å². The molecule has 9 heteroatoms. The Morgan fingerprint density at radius 1 is 1.21 bits per heavy atom. The maximum Gasteiger partial charge on any atom is 0.252 e. The molecule has 2 aliphatic rings. The molecule has 2 amide bonds. The summed E-state index contributed by atoms with van der Waals surface area (Å²) in [5.41, 5.74) is 1.50. The number of pyridine rings is 2. The van der Waals surface area contributed by atoms with Crippen LogP contribution in [0, 0.1) is 0 Å². The van der Waals surface area contributed by atoms with E-state index in [1.54, 1.807) is 23.4 Å². The monoisotopic (exact) mass is 392 g/mol. The number of fused-ring (bicyclic) bond motifs is 1. The molecule has 0 bridgehead atoms. The van der Waals surface area contributed by atoms with E-state index in [0.29, 0.717) is 11.5 Å². The summed E-state index contributed by atoms with van der Waals surface area (Å²) in [5.74, 6) is 0.247. The number of rotatable bonds is 5. The van der Waals surface area contributed by atoms with Crippen molar-refractivity contribution in [1.29, 1.82) is 0 Å². The molecule has 1 saturated carbocycles. The molecule has 9 nitrogen and oxygen atoms in total. The third-order valence-corrected chi connectivity index (χ3v) is 5.29. The van der Waals surface area contributed by atoms with E-state index in [1.165, 1.54) is 0 Å². The highest BCUT2D eigenvalue weighted by Gasteiger charge is 2.47. The highest BCUT2D eigenvalue weighted by Crippen LogP contribution is 2.39. The first-order chi connectivity index (χ1) is 14.2. The molecule has 0 unspecified atom stereocenters. The number of amides is 2. The van der Waals surface area contributed by atoms with Gasteiger partial charge in [-0.05, 0) is 36.6 Å². The molecule has 1 N–H and O–H groups in total. The highest BCUT2D eigenvalue weighted by atomic mass is 16.5. The highest BCUT2D eigenvalue weighted by molar-refractivity contribution is 5.86. The van der Waals surface area contributed by atoms with Crippen molar-refractivity contribution in [3.05, 3.63) is 60.3 Å². The molecule has 3 aromatic rings. The Morgan fingerprint density at radius 3 is 2.90 bits per heavy atom. The van der Waals surface area contributed by atoms with Crippen molar-refractivity contribution in [3.63, 3.8) is 0 Å².